The Hall–Kier alpha value is -3.86. The SMILES string of the molecule is CCOc1ccc2[nH+]c(N3CCN(C(=O)Nc4ccccc4F)CC3)c(C#N)cc2c1. The molecule has 0 radical (unpaired) electrons. The molecule has 2 amide bonds. The Labute approximate surface area is 179 Å². The second-order valence-corrected chi connectivity index (χ2v) is 7.21. The summed E-state index contributed by atoms with van der Waals surface area (Å²) in [6.07, 6.45) is 0. The lowest BCUT2D eigenvalue weighted by Gasteiger charge is -2.31. The second kappa shape index (κ2) is 8.88. The lowest BCUT2D eigenvalue weighted by atomic mass is 10.1. The van der Waals surface area contributed by atoms with E-state index in [1.54, 1.807) is 17.0 Å². The number of H-pyrrole nitrogens is 1. The van der Waals surface area contributed by atoms with Crippen molar-refractivity contribution in [1.82, 2.24) is 4.90 Å². The van der Waals surface area contributed by atoms with E-state index in [1.165, 1.54) is 12.1 Å². The summed E-state index contributed by atoms with van der Waals surface area (Å²) in [4.78, 5) is 19.6. The van der Waals surface area contributed by atoms with Crippen molar-refractivity contribution in [3.63, 3.8) is 0 Å². The molecule has 0 saturated carbocycles. The highest BCUT2D eigenvalue weighted by molar-refractivity contribution is 5.89. The lowest BCUT2D eigenvalue weighted by molar-refractivity contribution is -0.331. The van der Waals surface area contributed by atoms with Crippen molar-refractivity contribution in [1.29, 1.82) is 5.26 Å². The van der Waals surface area contributed by atoms with Crippen molar-refractivity contribution in [2.45, 2.75) is 6.92 Å². The van der Waals surface area contributed by atoms with Crippen molar-refractivity contribution in [2.24, 2.45) is 0 Å². The largest absolute Gasteiger partial charge is 0.494 e. The molecule has 158 valence electrons. The first-order valence-corrected chi connectivity index (χ1v) is 10.2. The lowest BCUT2D eigenvalue weighted by Crippen LogP contribution is -2.51. The maximum Gasteiger partial charge on any atom is 0.322 e. The molecule has 3 aromatic rings. The maximum atomic E-state index is 13.8. The van der Waals surface area contributed by atoms with Gasteiger partial charge >= 0.3 is 6.03 Å². The predicted octanol–water partition coefficient (Wildman–Crippen LogP) is 3.42. The molecule has 8 heteroatoms. The molecule has 1 aliphatic heterocycles. The number of aromatic nitrogens is 1. The number of carbonyl (C=O) groups is 1. The Kier molecular flexibility index (Phi) is 5.85. The molecule has 0 aliphatic carbocycles. The summed E-state index contributed by atoms with van der Waals surface area (Å²) in [6.45, 7) is 4.53. The van der Waals surface area contributed by atoms with Gasteiger partial charge in [0, 0.05) is 5.39 Å². The van der Waals surface area contributed by atoms with E-state index in [9.17, 15) is 14.4 Å². The van der Waals surface area contributed by atoms with Crippen molar-refractivity contribution >= 4 is 28.4 Å². The highest BCUT2D eigenvalue weighted by Crippen LogP contribution is 2.24. The van der Waals surface area contributed by atoms with Crippen molar-refractivity contribution in [3.8, 4) is 11.8 Å². The first kappa shape index (κ1) is 20.4. The van der Waals surface area contributed by atoms with E-state index in [2.05, 4.69) is 21.3 Å². The first-order chi connectivity index (χ1) is 15.1. The van der Waals surface area contributed by atoms with E-state index < -0.39 is 5.82 Å². The van der Waals surface area contributed by atoms with Gasteiger partial charge in [0.2, 0.25) is 0 Å². The number of rotatable bonds is 4. The fraction of sp³-hybridized carbons (Fsp3) is 0.261. The van der Waals surface area contributed by atoms with Gasteiger partial charge in [0.05, 0.1) is 25.4 Å². The van der Waals surface area contributed by atoms with Gasteiger partial charge in [0.25, 0.3) is 5.82 Å². The summed E-state index contributed by atoms with van der Waals surface area (Å²) in [6, 6.07) is 15.6. The van der Waals surface area contributed by atoms with E-state index in [0.717, 1.165) is 22.5 Å². The van der Waals surface area contributed by atoms with Crippen molar-refractivity contribution in [2.75, 3.05) is 43.0 Å². The molecule has 0 atom stereocenters. The maximum absolute atomic E-state index is 13.8. The Bertz CT molecular complexity index is 1150. The summed E-state index contributed by atoms with van der Waals surface area (Å²) >= 11 is 0. The van der Waals surface area contributed by atoms with Crippen LogP contribution in [0.1, 0.15) is 12.5 Å². The third kappa shape index (κ3) is 4.36. The standard InChI is InChI=1S/C23H22FN5O2/c1-2-31-18-7-8-20-16(14-18)13-17(15-25)22(26-20)28-9-11-29(12-10-28)23(30)27-21-6-4-3-5-19(21)24/h3-8,13-14H,2,9-12H2,1H3,(H,27,30)/p+1. The zero-order valence-electron chi connectivity index (χ0n) is 17.2. The Morgan fingerprint density at radius 1 is 1.19 bits per heavy atom. The van der Waals surface area contributed by atoms with Crippen LogP contribution in [0.5, 0.6) is 5.75 Å². The van der Waals surface area contributed by atoms with Crippen molar-refractivity contribution < 1.29 is 18.9 Å². The van der Waals surface area contributed by atoms with E-state index >= 15 is 0 Å². The highest BCUT2D eigenvalue weighted by Gasteiger charge is 2.29. The second-order valence-electron chi connectivity index (χ2n) is 7.21. The number of para-hydroxylation sites is 1. The van der Waals surface area contributed by atoms with Crippen LogP contribution in [0.2, 0.25) is 0 Å². The van der Waals surface area contributed by atoms with Crippen LogP contribution in [0, 0.1) is 17.1 Å². The van der Waals surface area contributed by atoms with Crippen LogP contribution in [0.15, 0.2) is 48.5 Å². The average Bonchev–Trinajstić information content (AvgIpc) is 2.80. The third-order valence-electron chi connectivity index (χ3n) is 5.26. The van der Waals surface area contributed by atoms with Gasteiger partial charge in [0.15, 0.2) is 0 Å². The number of nitrogens with one attached hydrogen (secondary N) is 2. The monoisotopic (exact) mass is 420 g/mol. The average molecular weight is 420 g/mol. The van der Waals surface area contributed by atoms with Gasteiger partial charge < -0.3 is 15.0 Å². The van der Waals surface area contributed by atoms with E-state index in [1.807, 2.05) is 31.2 Å². The molecule has 0 unspecified atom stereocenters. The van der Waals surface area contributed by atoms with Crippen LogP contribution in [0.3, 0.4) is 0 Å². The molecule has 1 aromatic heterocycles. The van der Waals surface area contributed by atoms with E-state index in [0.29, 0.717) is 38.3 Å². The van der Waals surface area contributed by atoms with Gasteiger partial charge in [-0.1, -0.05) is 12.1 Å². The van der Waals surface area contributed by atoms with Gasteiger partial charge in [0.1, 0.15) is 41.8 Å². The van der Waals surface area contributed by atoms with Gasteiger partial charge in [-0.3, -0.25) is 4.90 Å². The number of halogens is 1. The molecular formula is C23H23FN5O2+. The summed E-state index contributed by atoms with van der Waals surface area (Å²) in [7, 11) is 0. The molecule has 2 aromatic carbocycles. The molecule has 0 spiro atoms. The summed E-state index contributed by atoms with van der Waals surface area (Å²) in [5.41, 5.74) is 1.60. The van der Waals surface area contributed by atoms with Crippen LogP contribution in [0.4, 0.5) is 20.7 Å². The topological polar surface area (TPSA) is 82.7 Å². The van der Waals surface area contributed by atoms with E-state index in [4.69, 9.17) is 4.74 Å². The van der Waals surface area contributed by atoms with Crippen LogP contribution >= 0.6 is 0 Å². The van der Waals surface area contributed by atoms with Crippen LogP contribution in [0.25, 0.3) is 10.9 Å². The van der Waals surface area contributed by atoms with Gasteiger partial charge in [-0.2, -0.15) is 5.26 Å². The van der Waals surface area contributed by atoms with Gasteiger partial charge in [-0.05, 0) is 43.3 Å². The molecule has 2 N–H and O–H groups in total. The van der Waals surface area contributed by atoms with Crippen LogP contribution in [-0.2, 0) is 0 Å². The number of ether oxygens (including phenoxy) is 1. The summed E-state index contributed by atoms with van der Waals surface area (Å²) in [5, 5.41) is 13.2. The Morgan fingerprint density at radius 3 is 2.68 bits per heavy atom. The minimum Gasteiger partial charge on any atom is -0.494 e. The number of piperazine rings is 1. The number of hydrogen-bond acceptors (Lipinski definition) is 4. The molecule has 1 aliphatic rings. The number of aromatic amines is 1. The Morgan fingerprint density at radius 2 is 1.97 bits per heavy atom. The fourth-order valence-electron chi connectivity index (χ4n) is 3.67. The molecule has 1 fully saturated rings. The minimum absolute atomic E-state index is 0.163. The summed E-state index contributed by atoms with van der Waals surface area (Å²) in [5.74, 6) is 1.02. The number of pyridine rings is 1. The Balaban J connectivity index is 1.48. The molecule has 4 rings (SSSR count). The summed E-state index contributed by atoms with van der Waals surface area (Å²) < 4.78 is 19.3. The highest BCUT2D eigenvalue weighted by atomic mass is 19.1. The predicted molar refractivity (Wildman–Crippen MR) is 116 cm³/mol. The zero-order valence-corrected chi connectivity index (χ0v) is 17.2. The third-order valence-corrected chi connectivity index (χ3v) is 5.26. The number of hydrogen-bond donors (Lipinski definition) is 1. The van der Waals surface area contributed by atoms with Gasteiger partial charge in [-0.15, -0.1) is 0 Å². The minimum atomic E-state index is -0.466. The fourth-order valence-corrected chi connectivity index (χ4v) is 3.67. The molecular weight excluding hydrogens is 397 g/mol. The number of nitrogens with zero attached hydrogens (tertiary/aromatic N) is 3. The molecule has 7 nitrogen and oxygen atoms in total. The normalized spacial score (nSPS) is 13.7. The smallest absolute Gasteiger partial charge is 0.322 e. The first-order valence-electron chi connectivity index (χ1n) is 10.2. The molecule has 0 bridgehead atoms. The number of fused-ring (bicyclic) bond motifs is 1. The molecule has 31 heavy (non-hydrogen) atoms. The molecule has 2 heterocycles. The van der Waals surface area contributed by atoms with E-state index in [-0.39, 0.29) is 11.7 Å². The van der Waals surface area contributed by atoms with Crippen molar-refractivity contribution in [3.05, 3.63) is 59.9 Å². The molecule has 1 saturated heterocycles. The number of amides is 2. The number of benzene rings is 2. The quantitative estimate of drug-likeness (QED) is 0.701. The number of urea groups is 1. The number of carbonyl (C=O) groups excluding carboxylic acids is 1. The number of anilines is 2. The van der Waals surface area contributed by atoms with Crippen LogP contribution in [-0.4, -0.2) is 43.7 Å². The van der Waals surface area contributed by atoms with Gasteiger partial charge in [-0.25, -0.2) is 14.2 Å². The number of nitriles is 1. The zero-order chi connectivity index (χ0) is 21.8. The van der Waals surface area contributed by atoms with Crippen LogP contribution < -0.4 is 19.9 Å².